The van der Waals surface area contributed by atoms with Gasteiger partial charge in [0.2, 0.25) is 5.95 Å². The molecule has 0 atom stereocenters. The third-order valence-electron chi connectivity index (χ3n) is 2.55. The summed E-state index contributed by atoms with van der Waals surface area (Å²) in [7, 11) is 0. The zero-order valence-corrected chi connectivity index (χ0v) is 10.7. The van der Waals surface area contributed by atoms with Gasteiger partial charge in [0.1, 0.15) is 0 Å². The molecule has 0 amide bonds. The maximum atomic E-state index is 5.98. The molecule has 4 nitrogen and oxygen atoms in total. The van der Waals surface area contributed by atoms with Crippen molar-refractivity contribution in [3.8, 4) is 11.1 Å². The Labute approximate surface area is 113 Å². The molecule has 2 N–H and O–H groups in total. The summed E-state index contributed by atoms with van der Waals surface area (Å²) in [6.07, 6.45) is 1.79. The first-order valence-electron chi connectivity index (χ1n) is 5.20. The van der Waals surface area contributed by atoms with Crippen LogP contribution >= 0.6 is 23.2 Å². The Morgan fingerprint density at radius 2 is 1.72 bits per heavy atom. The van der Waals surface area contributed by atoms with Crippen molar-refractivity contribution in [1.29, 1.82) is 0 Å². The number of nitrogens with two attached hydrogens (primary N) is 1. The van der Waals surface area contributed by atoms with Gasteiger partial charge in [0.15, 0.2) is 5.65 Å². The smallest absolute Gasteiger partial charge is 0.240 e. The molecule has 0 bridgehead atoms. The van der Waals surface area contributed by atoms with Crippen LogP contribution in [0.5, 0.6) is 0 Å². The standard InChI is InChI=1S/C12H8Cl2N4/c13-9-3-8(4-10(14)6-9)7-1-2-18-11(5-7)16-12(15)17-18/h1-6H,(H2,15,17). The van der Waals surface area contributed by atoms with Gasteiger partial charge in [0, 0.05) is 16.2 Å². The monoisotopic (exact) mass is 278 g/mol. The van der Waals surface area contributed by atoms with Crippen molar-refractivity contribution in [2.75, 3.05) is 5.73 Å². The lowest BCUT2D eigenvalue weighted by atomic mass is 10.1. The van der Waals surface area contributed by atoms with Gasteiger partial charge in [-0.3, -0.25) is 0 Å². The molecular weight excluding hydrogens is 271 g/mol. The molecule has 0 radical (unpaired) electrons. The highest BCUT2D eigenvalue weighted by atomic mass is 35.5. The average Bonchev–Trinajstić information content (AvgIpc) is 2.66. The second-order valence-corrected chi connectivity index (χ2v) is 4.72. The Morgan fingerprint density at radius 3 is 2.44 bits per heavy atom. The number of halogens is 2. The second kappa shape index (κ2) is 4.15. The Kier molecular flexibility index (Phi) is 2.61. The predicted octanol–water partition coefficient (Wildman–Crippen LogP) is 3.29. The third-order valence-corrected chi connectivity index (χ3v) is 2.99. The van der Waals surface area contributed by atoms with Gasteiger partial charge < -0.3 is 5.73 Å². The number of fused-ring (bicyclic) bond motifs is 1. The number of nitrogen functional groups attached to an aromatic ring is 1. The first-order chi connectivity index (χ1) is 8.61. The molecule has 18 heavy (non-hydrogen) atoms. The molecule has 3 aromatic rings. The summed E-state index contributed by atoms with van der Waals surface area (Å²) in [5.74, 6) is 0.247. The molecule has 0 fully saturated rings. The Morgan fingerprint density at radius 1 is 1.00 bits per heavy atom. The molecule has 0 aliphatic heterocycles. The van der Waals surface area contributed by atoms with Crippen LogP contribution in [0.2, 0.25) is 10.0 Å². The number of pyridine rings is 1. The normalized spacial score (nSPS) is 11.0. The molecule has 0 aliphatic rings. The van der Waals surface area contributed by atoms with Crippen LogP contribution in [0.15, 0.2) is 36.5 Å². The lowest BCUT2D eigenvalue weighted by molar-refractivity contribution is 0.968. The number of aromatic nitrogens is 3. The molecular formula is C12H8Cl2N4. The minimum absolute atomic E-state index is 0.247. The first kappa shape index (κ1) is 11.3. The fraction of sp³-hybridized carbons (Fsp3) is 0. The third kappa shape index (κ3) is 2.00. The Balaban J connectivity index is 2.18. The van der Waals surface area contributed by atoms with Crippen LogP contribution in [0.25, 0.3) is 16.8 Å². The van der Waals surface area contributed by atoms with Crippen LogP contribution in [-0.2, 0) is 0 Å². The van der Waals surface area contributed by atoms with Gasteiger partial charge in [-0.25, -0.2) is 4.52 Å². The van der Waals surface area contributed by atoms with E-state index in [1.54, 1.807) is 16.8 Å². The van der Waals surface area contributed by atoms with Gasteiger partial charge in [-0.1, -0.05) is 23.2 Å². The number of rotatable bonds is 1. The summed E-state index contributed by atoms with van der Waals surface area (Å²) in [4.78, 5) is 4.11. The van der Waals surface area contributed by atoms with E-state index < -0.39 is 0 Å². The summed E-state index contributed by atoms with van der Waals surface area (Å²) < 4.78 is 1.62. The minimum atomic E-state index is 0.247. The first-order valence-corrected chi connectivity index (χ1v) is 5.96. The van der Waals surface area contributed by atoms with Gasteiger partial charge in [0.25, 0.3) is 0 Å². The highest BCUT2D eigenvalue weighted by Crippen LogP contribution is 2.27. The van der Waals surface area contributed by atoms with Gasteiger partial charge >= 0.3 is 0 Å². The molecule has 2 heterocycles. The van der Waals surface area contributed by atoms with Crippen molar-refractivity contribution in [2.24, 2.45) is 0 Å². The Bertz CT molecular complexity index is 716. The summed E-state index contributed by atoms with van der Waals surface area (Å²) in [6, 6.07) is 9.17. The average molecular weight is 279 g/mol. The number of hydrogen-bond donors (Lipinski definition) is 1. The Hall–Kier alpha value is -1.78. The maximum absolute atomic E-state index is 5.98. The lowest BCUT2D eigenvalue weighted by Gasteiger charge is -2.03. The summed E-state index contributed by atoms with van der Waals surface area (Å²) in [5.41, 5.74) is 8.11. The number of hydrogen-bond acceptors (Lipinski definition) is 3. The predicted molar refractivity (Wildman–Crippen MR) is 72.9 cm³/mol. The van der Waals surface area contributed by atoms with Crippen molar-refractivity contribution in [3.63, 3.8) is 0 Å². The van der Waals surface area contributed by atoms with E-state index in [1.807, 2.05) is 24.3 Å². The number of nitrogens with zero attached hydrogens (tertiary/aromatic N) is 3. The fourth-order valence-electron chi connectivity index (χ4n) is 1.80. The minimum Gasteiger partial charge on any atom is -0.366 e. The van der Waals surface area contributed by atoms with Crippen molar-refractivity contribution in [2.45, 2.75) is 0 Å². The van der Waals surface area contributed by atoms with E-state index >= 15 is 0 Å². The van der Waals surface area contributed by atoms with Crippen molar-refractivity contribution >= 4 is 34.8 Å². The maximum Gasteiger partial charge on any atom is 0.240 e. The van der Waals surface area contributed by atoms with Crippen LogP contribution in [-0.4, -0.2) is 14.6 Å². The number of anilines is 1. The van der Waals surface area contributed by atoms with Gasteiger partial charge in [-0.15, -0.1) is 5.10 Å². The van der Waals surface area contributed by atoms with Crippen molar-refractivity contribution in [1.82, 2.24) is 14.6 Å². The van der Waals surface area contributed by atoms with Crippen molar-refractivity contribution < 1.29 is 0 Å². The van der Waals surface area contributed by atoms with Gasteiger partial charge in [-0.2, -0.15) is 4.98 Å². The molecule has 0 spiro atoms. The van der Waals surface area contributed by atoms with E-state index in [-0.39, 0.29) is 5.95 Å². The largest absolute Gasteiger partial charge is 0.366 e. The van der Waals surface area contributed by atoms with E-state index in [2.05, 4.69) is 10.1 Å². The highest BCUT2D eigenvalue weighted by Gasteiger charge is 2.05. The van der Waals surface area contributed by atoms with Crippen LogP contribution in [0.3, 0.4) is 0 Å². The van der Waals surface area contributed by atoms with E-state index in [1.165, 1.54) is 0 Å². The fourth-order valence-corrected chi connectivity index (χ4v) is 2.32. The van der Waals surface area contributed by atoms with E-state index in [9.17, 15) is 0 Å². The molecule has 3 rings (SSSR count). The highest BCUT2D eigenvalue weighted by molar-refractivity contribution is 6.35. The van der Waals surface area contributed by atoms with Gasteiger partial charge in [0.05, 0.1) is 0 Å². The van der Waals surface area contributed by atoms with E-state index in [0.29, 0.717) is 15.7 Å². The van der Waals surface area contributed by atoms with E-state index in [4.69, 9.17) is 28.9 Å². The summed E-state index contributed by atoms with van der Waals surface area (Å²) in [5, 5.41) is 5.21. The van der Waals surface area contributed by atoms with Crippen LogP contribution < -0.4 is 5.73 Å². The van der Waals surface area contributed by atoms with Crippen LogP contribution in [0.1, 0.15) is 0 Å². The molecule has 0 saturated heterocycles. The molecule has 0 unspecified atom stereocenters. The molecule has 2 aromatic heterocycles. The zero-order valence-electron chi connectivity index (χ0n) is 9.14. The molecule has 0 aliphatic carbocycles. The molecule has 90 valence electrons. The zero-order chi connectivity index (χ0) is 12.7. The summed E-state index contributed by atoms with van der Waals surface area (Å²) in [6.45, 7) is 0. The topological polar surface area (TPSA) is 56.2 Å². The lowest BCUT2D eigenvalue weighted by Crippen LogP contribution is -1.89. The van der Waals surface area contributed by atoms with E-state index in [0.717, 1.165) is 11.1 Å². The second-order valence-electron chi connectivity index (χ2n) is 3.85. The SMILES string of the molecule is Nc1nc2cc(-c3cc(Cl)cc(Cl)c3)ccn2n1. The van der Waals surface area contributed by atoms with Gasteiger partial charge in [-0.05, 0) is 41.5 Å². The molecule has 6 heteroatoms. The molecule has 0 saturated carbocycles. The summed E-state index contributed by atoms with van der Waals surface area (Å²) >= 11 is 12.0. The number of benzene rings is 1. The molecule has 1 aromatic carbocycles. The van der Waals surface area contributed by atoms with Crippen LogP contribution in [0.4, 0.5) is 5.95 Å². The van der Waals surface area contributed by atoms with Crippen LogP contribution in [0, 0.1) is 0 Å². The quantitative estimate of drug-likeness (QED) is 0.743. The van der Waals surface area contributed by atoms with Crippen molar-refractivity contribution in [3.05, 3.63) is 46.6 Å².